The van der Waals surface area contributed by atoms with E-state index in [2.05, 4.69) is 5.32 Å². The summed E-state index contributed by atoms with van der Waals surface area (Å²) in [6.45, 7) is 2.29. The molecule has 2 aromatic rings. The van der Waals surface area contributed by atoms with Crippen LogP contribution in [0.4, 0.5) is 0 Å². The Morgan fingerprint density at radius 3 is 2.68 bits per heavy atom. The number of nitrogens with one attached hydrogen (secondary N) is 1. The second-order valence-electron chi connectivity index (χ2n) is 7.21. The molecule has 0 saturated heterocycles. The first-order chi connectivity index (χ1) is 13.6. The van der Waals surface area contributed by atoms with Crippen LogP contribution in [0.25, 0.3) is 0 Å². The summed E-state index contributed by atoms with van der Waals surface area (Å²) in [6, 6.07) is 11.0. The molecule has 0 bridgehead atoms. The van der Waals surface area contributed by atoms with Crippen molar-refractivity contribution in [3.05, 3.63) is 64.1 Å². The van der Waals surface area contributed by atoms with Crippen molar-refractivity contribution >= 4 is 11.8 Å². The average Bonchev–Trinajstić information content (AvgIpc) is 3.55. The van der Waals surface area contributed by atoms with Gasteiger partial charge in [-0.15, -0.1) is 0 Å². The van der Waals surface area contributed by atoms with E-state index in [-0.39, 0.29) is 28.9 Å². The number of carbonyl (C=O) groups is 2. The van der Waals surface area contributed by atoms with Gasteiger partial charge in [-0.05, 0) is 18.4 Å². The number of hydrogen-bond acceptors (Lipinski definition) is 4. The van der Waals surface area contributed by atoms with E-state index in [0.29, 0.717) is 38.5 Å². The number of pyridine rings is 1. The standard InChI is InChI=1S/C21H23N3O4/c25-18-12-17-21(27)23(9-8-22-20(26)16-6-7-16)10-11-24(17)13-19(18)28-14-15-4-2-1-3-5-15/h1-5,12-13,16H,6-11,14H2,(H,22,26). The van der Waals surface area contributed by atoms with Crippen LogP contribution in [0.5, 0.6) is 5.75 Å². The molecule has 4 rings (SSSR count). The number of benzene rings is 1. The highest BCUT2D eigenvalue weighted by Crippen LogP contribution is 2.28. The lowest BCUT2D eigenvalue weighted by Gasteiger charge is -2.30. The molecule has 2 aliphatic rings. The number of rotatable bonds is 7. The molecule has 7 heteroatoms. The molecule has 2 amide bonds. The van der Waals surface area contributed by atoms with E-state index in [4.69, 9.17) is 4.74 Å². The minimum Gasteiger partial charge on any atom is -0.483 e. The van der Waals surface area contributed by atoms with Gasteiger partial charge < -0.3 is 19.5 Å². The average molecular weight is 381 g/mol. The number of nitrogens with zero attached hydrogens (tertiary/aromatic N) is 2. The van der Waals surface area contributed by atoms with Crippen molar-refractivity contribution in [2.75, 3.05) is 19.6 Å². The van der Waals surface area contributed by atoms with Gasteiger partial charge in [-0.1, -0.05) is 30.3 Å². The molecule has 0 unspecified atom stereocenters. The highest BCUT2D eigenvalue weighted by Gasteiger charge is 2.30. The van der Waals surface area contributed by atoms with Crippen molar-refractivity contribution in [3.8, 4) is 5.75 Å². The van der Waals surface area contributed by atoms with Crippen molar-refractivity contribution < 1.29 is 14.3 Å². The quantitative estimate of drug-likeness (QED) is 0.786. The third-order valence-corrected chi connectivity index (χ3v) is 5.08. The molecule has 1 aromatic heterocycles. The Labute approximate surface area is 162 Å². The maximum Gasteiger partial charge on any atom is 0.270 e. The fourth-order valence-electron chi connectivity index (χ4n) is 3.28. The zero-order chi connectivity index (χ0) is 19.5. The van der Waals surface area contributed by atoms with Crippen LogP contribution >= 0.6 is 0 Å². The van der Waals surface area contributed by atoms with Gasteiger partial charge in [-0.2, -0.15) is 0 Å². The maximum absolute atomic E-state index is 12.7. The summed E-state index contributed by atoms with van der Waals surface area (Å²) in [5, 5.41) is 2.87. The van der Waals surface area contributed by atoms with Crippen LogP contribution in [0, 0.1) is 5.92 Å². The van der Waals surface area contributed by atoms with Gasteiger partial charge >= 0.3 is 0 Å². The Bertz CT molecular complexity index is 934. The number of carbonyl (C=O) groups excluding carboxylic acids is 2. The third-order valence-electron chi connectivity index (χ3n) is 5.08. The largest absolute Gasteiger partial charge is 0.483 e. The van der Waals surface area contributed by atoms with Crippen LogP contribution in [0.3, 0.4) is 0 Å². The van der Waals surface area contributed by atoms with E-state index < -0.39 is 0 Å². The van der Waals surface area contributed by atoms with Gasteiger partial charge in [0.2, 0.25) is 11.3 Å². The topological polar surface area (TPSA) is 80.6 Å². The van der Waals surface area contributed by atoms with Crippen LogP contribution < -0.4 is 15.5 Å². The first-order valence-electron chi connectivity index (χ1n) is 9.60. The number of ether oxygens (including phenoxy) is 1. The van der Waals surface area contributed by atoms with Crippen LogP contribution in [0.2, 0.25) is 0 Å². The Hall–Kier alpha value is -3.09. The smallest absolute Gasteiger partial charge is 0.270 e. The summed E-state index contributed by atoms with van der Waals surface area (Å²) in [7, 11) is 0. The predicted octanol–water partition coefficient (Wildman–Crippen LogP) is 1.41. The molecule has 1 aromatic carbocycles. The minimum atomic E-state index is -0.306. The normalized spacial score (nSPS) is 15.9. The van der Waals surface area contributed by atoms with Crippen molar-refractivity contribution in [2.24, 2.45) is 5.92 Å². The lowest BCUT2D eigenvalue weighted by atomic mass is 10.2. The first kappa shape index (κ1) is 18.3. The molecule has 28 heavy (non-hydrogen) atoms. The first-order valence-corrected chi connectivity index (χ1v) is 9.60. The molecule has 7 nitrogen and oxygen atoms in total. The monoisotopic (exact) mass is 381 g/mol. The van der Waals surface area contributed by atoms with Crippen molar-refractivity contribution in [1.82, 2.24) is 14.8 Å². The van der Waals surface area contributed by atoms with E-state index in [0.717, 1.165) is 18.4 Å². The fourth-order valence-corrected chi connectivity index (χ4v) is 3.28. The van der Waals surface area contributed by atoms with Crippen molar-refractivity contribution in [2.45, 2.75) is 26.0 Å². The van der Waals surface area contributed by atoms with Gasteiger partial charge in [0.25, 0.3) is 5.91 Å². The predicted molar refractivity (Wildman–Crippen MR) is 103 cm³/mol. The molecule has 0 spiro atoms. The summed E-state index contributed by atoms with van der Waals surface area (Å²) in [6.07, 6.45) is 3.53. The van der Waals surface area contributed by atoms with Gasteiger partial charge in [0, 0.05) is 38.2 Å². The molecule has 0 radical (unpaired) electrons. The van der Waals surface area contributed by atoms with E-state index in [1.54, 1.807) is 15.7 Å². The second-order valence-corrected chi connectivity index (χ2v) is 7.21. The number of fused-ring (bicyclic) bond motifs is 1. The van der Waals surface area contributed by atoms with Gasteiger partial charge in [0.15, 0.2) is 5.75 Å². The molecular weight excluding hydrogens is 358 g/mol. The van der Waals surface area contributed by atoms with E-state index in [1.165, 1.54) is 6.07 Å². The number of amides is 2. The molecule has 2 heterocycles. The van der Waals surface area contributed by atoms with E-state index in [9.17, 15) is 14.4 Å². The lowest BCUT2D eigenvalue weighted by Crippen LogP contribution is -2.45. The minimum absolute atomic E-state index is 0.0706. The van der Waals surface area contributed by atoms with Gasteiger partial charge in [0.05, 0.1) is 6.20 Å². The summed E-state index contributed by atoms with van der Waals surface area (Å²) >= 11 is 0. The third kappa shape index (κ3) is 4.08. The molecule has 1 aliphatic carbocycles. The van der Waals surface area contributed by atoms with E-state index in [1.807, 2.05) is 30.3 Å². The zero-order valence-electron chi connectivity index (χ0n) is 15.6. The SMILES string of the molecule is O=C(NCCN1CCn2cc(OCc3ccccc3)c(=O)cc2C1=O)C1CC1. The van der Waals surface area contributed by atoms with Gasteiger partial charge in [0.1, 0.15) is 12.3 Å². The van der Waals surface area contributed by atoms with Crippen LogP contribution in [-0.2, 0) is 17.9 Å². The summed E-state index contributed by atoms with van der Waals surface area (Å²) in [5.74, 6) is 0.274. The second kappa shape index (κ2) is 7.88. The highest BCUT2D eigenvalue weighted by atomic mass is 16.5. The van der Waals surface area contributed by atoms with Gasteiger partial charge in [-0.3, -0.25) is 14.4 Å². The fraction of sp³-hybridized carbons (Fsp3) is 0.381. The highest BCUT2D eigenvalue weighted by molar-refractivity contribution is 5.93. The van der Waals surface area contributed by atoms with Crippen molar-refractivity contribution in [1.29, 1.82) is 0 Å². The Morgan fingerprint density at radius 2 is 1.93 bits per heavy atom. The molecule has 0 atom stereocenters. The Morgan fingerprint density at radius 1 is 1.14 bits per heavy atom. The number of hydrogen-bond donors (Lipinski definition) is 1. The number of aromatic nitrogens is 1. The lowest BCUT2D eigenvalue weighted by molar-refractivity contribution is -0.122. The molecule has 1 aliphatic heterocycles. The molecule has 1 fully saturated rings. The van der Waals surface area contributed by atoms with Crippen molar-refractivity contribution in [3.63, 3.8) is 0 Å². The van der Waals surface area contributed by atoms with Crippen LogP contribution in [0.1, 0.15) is 28.9 Å². The van der Waals surface area contributed by atoms with Crippen LogP contribution in [-0.4, -0.2) is 40.9 Å². The summed E-state index contributed by atoms with van der Waals surface area (Å²) in [5.41, 5.74) is 1.02. The summed E-state index contributed by atoms with van der Waals surface area (Å²) in [4.78, 5) is 38.5. The molecule has 1 saturated carbocycles. The zero-order valence-corrected chi connectivity index (χ0v) is 15.6. The molecule has 1 N–H and O–H groups in total. The summed E-state index contributed by atoms with van der Waals surface area (Å²) < 4.78 is 7.43. The maximum atomic E-state index is 12.7. The molecule has 146 valence electrons. The Kier molecular flexibility index (Phi) is 5.14. The van der Waals surface area contributed by atoms with Crippen LogP contribution in [0.15, 0.2) is 47.4 Å². The van der Waals surface area contributed by atoms with E-state index >= 15 is 0 Å². The molecular formula is C21H23N3O4. The van der Waals surface area contributed by atoms with Gasteiger partial charge in [-0.25, -0.2) is 0 Å². The Balaban J connectivity index is 1.39.